The molecule has 0 saturated heterocycles. The predicted molar refractivity (Wildman–Crippen MR) is 73.0 cm³/mol. The lowest BCUT2D eigenvalue weighted by Gasteiger charge is -2.21. The number of carbonyl (C=O) groups is 1. The number of furan rings is 1. The Morgan fingerprint density at radius 3 is 2.80 bits per heavy atom. The van der Waals surface area contributed by atoms with Crippen molar-refractivity contribution < 1.29 is 23.8 Å². The summed E-state index contributed by atoms with van der Waals surface area (Å²) in [6, 6.07) is 3.15. The molecule has 2 unspecified atom stereocenters. The quantitative estimate of drug-likeness (QED) is 0.657. The topological polar surface area (TPSA) is 80.9 Å². The Morgan fingerprint density at radius 1 is 1.50 bits per heavy atom. The van der Waals surface area contributed by atoms with E-state index >= 15 is 0 Å². The summed E-state index contributed by atoms with van der Waals surface area (Å²) in [5.74, 6) is 0.460. The van der Waals surface area contributed by atoms with E-state index in [4.69, 9.17) is 13.9 Å². The van der Waals surface area contributed by atoms with Gasteiger partial charge in [0.05, 0.1) is 26.1 Å². The highest BCUT2D eigenvalue weighted by Crippen LogP contribution is 2.04. The van der Waals surface area contributed by atoms with Crippen molar-refractivity contribution >= 4 is 5.97 Å². The summed E-state index contributed by atoms with van der Waals surface area (Å²) < 4.78 is 15.1. The number of aliphatic hydroxyl groups is 1. The van der Waals surface area contributed by atoms with Crippen LogP contribution >= 0.6 is 0 Å². The third kappa shape index (κ3) is 5.73. The summed E-state index contributed by atoms with van der Waals surface area (Å²) in [5, 5.41) is 12.8. The molecule has 0 bridgehead atoms. The van der Waals surface area contributed by atoms with Gasteiger partial charge in [-0.25, -0.2) is 0 Å². The number of rotatable bonds is 9. The van der Waals surface area contributed by atoms with Crippen LogP contribution < -0.4 is 5.32 Å². The first-order valence-electron chi connectivity index (χ1n) is 6.64. The Hall–Kier alpha value is -1.37. The first kappa shape index (κ1) is 16.7. The van der Waals surface area contributed by atoms with Crippen molar-refractivity contribution in [2.45, 2.75) is 32.6 Å². The molecule has 0 amide bonds. The number of hydrogen-bond acceptors (Lipinski definition) is 6. The van der Waals surface area contributed by atoms with Crippen molar-refractivity contribution in [1.29, 1.82) is 0 Å². The van der Waals surface area contributed by atoms with Gasteiger partial charge in [0.1, 0.15) is 18.4 Å². The Kier molecular flexibility index (Phi) is 7.28. The normalized spacial score (nSPS) is 14.2. The maximum atomic E-state index is 11.5. The Labute approximate surface area is 119 Å². The molecule has 2 atom stereocenters. The van der Waals surface area contributed by atoms with E-state index < -0.39 is 12.1 Å². The molecule has 114 valence electrons. The summed E-state index contributed by atoms with van der Waals surface area (Å²) in [5.41, 5.74) is 0. The minimum Gasteiger partial charge on any atom is -0.468 e. The number of hydrogen-bond donors (Lipinski definition) is 2. The molecule has 0 aliphatic carbocycles. The van der Waals surface area contributed by atoms with Crippen molar-refractivity contribution in [3.8, 4) is 0 Å². The monoisotopic (exact) mass is 285 g/mol. The van der Waals surface area contributed by atoms with Gasteiger partial charge in [-0.2, -0.15) is 0 Å². The van der Waals surface area contributed by atoms with Crippen LogP contribution in [-0.2, 0) is 20.9 Å². The maximum absolute atomic E-state index is 11.5. The highest BCUT2D eigenvalue weighted by atomic mass is 16.5. The molecule has 6 nitrogen and oxygen atoms in total. The average molecular weight is 285 g/mol. The van der Waals surface area contributed by atoms with Crippen LogP contribution in [0.4, 0.5) is 0 Å². The molecule has 0 aliphatic rings. The summed E-state index contributed by atoms with van der Waals surface area (Å²) in [7, 11) is 1.35. The van der Waals surface area contributed by atoms with E-state index in [0.717, 1.165) is 0 Å². The largest absolute Gasteiger partial charge is 0.468 e. The van der Waals surface area contributed by atoms with Gasteiger partial charge in [-0.1, -0.05) is 13.8 Å². The van der Waals surface area contributed by atoms with E-state index in [1.54, 1.807) is 18.4 Å². The number of carbonyl (C=O) groups excluding carboxylic acids is 1. The van der Waals surface area contributed by atoms with Crippen LogP contribution in [0.25, 0.3) is 0 Å². The first-order chi connectivity index (χ1) is 9.54. The molecule has 0 spiro atoms. The van der Waals surface area contributed by atoms with E-state index in [-0.39, 0.29) is 25.0 Å². The SMILES string of the molecule is COC(=O)C(NCC(O)COCc1ccco1)C(C)C. The molecule has 1 aromatic rings. The van der Waals surface area contributed by atoms with Crippen LogP contribution in [0.15, 0.2) is 22.8 Å². The minimum atomic E-state index is -0.698. The lowest BCUT2D eigenvalue weighted by molar-refractivity contribution is -0.144. The Bertz CT molecular complexity index is 377. The Balaban J connectivity index is 2.23. The van der Waals surface area contributed by atoms with Gasteiger partial charge in [-0.3, -0.25) is 4.79 Å². The van der Waals surface area contributed by atoms with Gasteiger partial charge in [0.2, 0.25) is 0 Å². The van der Waals surface area contributed by atoms with E-state index in [2.05, 4.69) is 5.32 Å². The number of aliphatic hydroxyl groups excluding tert-OH is 1. The summed E-state index contributed by atoms with van der Waals surface area (Å²) in [6.07, 6.45) is 0.871. The molecule has 6 heteroatoms. The lowest BCUT2D eigenvalue weighted by atomic mass is 10.0. The average Bonchev–Trinajstić information content (AvgIpc) is 2.91. The van der Waals surface area contributed by atoms with Gasteiger partial charge in [0, 0.05) is 6.54 Å². The smallest absolute Gasteiger partial charge is 0.323 e. The van der Waals surface area contributed by atoms with Gasteiger partial charge in [0.25, 0.3) is 0 Å². The van der Waals surface area contributed by atoms with E-state index in [1.165, 1.54) is 7.11 Å². The van der Waals surface area contributed by atoms with Crippen molar-refractivity contribution in [2.75, 3.05) is 20.3 Å². The fourth-order valence-electron chi connectivity index (χ4n) is 1.73. The van der Waals surface area contributed by atoms with Crippen LogP contribution in [0.3, 0.4) is 0 Å². The molecule has 1 aromatic heterocycles. The number of ether oxygens (including phenoxy) is 2. The van der Waals surface area contributed by atoms with Gasteiger partial charge in [0.15, 0.2) is 0 Å². The van der Waals surface area contributed by atoms with Crippen molar-refractivity contribution in [3.63, 3.8) is 0 Å². The van der Waals surface area contributed by atoms with Gasteiger partial charge >= 0.3 is 5.97 Å². The Morgan fingerprint density at radius 2 is 2.25 bits per heavy atom. The summed E-state index contributed by atoms with van der Waals surface area (Å²) in [6.45, 7) is 4.56. The standard InChI is InChI=1S/C14H23NO5/c1-10(2)13(14(17)18-3)15-7-11(16)8-19-9-12-5-4-6-20-12/h4-6,10-11,13,15-16H,7-9H2,1-3H3. The van der Waals surface area contributed by atoms with Crippen LogP contribution in [0.5, 0.6) is 0 Å². The lowest BCUT2D eigenvalue weighted by Crippen LogP contribution is -2.45. The molecule has 0 fully saturated rings. The molecule has 0 aromatic carbocycles. The highest BCUT2D eigenvalue weighted by molar-refractivity contribution is 5.75. The molecule has 0 aliphatic heterocycles. The number of esters is 1. The summed E-state index contributed by atoms with van der Waals surface area (Å²) in [4.78, 5) is 11.5. The van der Waals surface area contributed by atoms with Gasteiger partial charge in [-0.05, 0) is 18.1 Å². The number of methoxy groups -OCH3 is 1. The third-order valence-electron chi connectivity index (χ3n) is 2.83. The van der Waals surface area contributed by atoms with Crippen molar-refractivity contribution in [3.05, 3.63) is 24.2 Å². The maximum Gasteiger partial charge on any atom is 0.323 e. The molecule has 0 saturated carbocycles. The second-order valence-corrected chi connectivity index (χ2v) is 4.90. The van der Waals surface area contributed by atoms with Crippen LogP contribution in [-0.4, -0.2) is 43.5 Å². The molecule has 20 heavy (non-hydrogen) atoms. The van der Waals surface area contributed by atoms with E-state index in [0.29, 0.717) is 12.4 Å². The zero-order chi connectivity index (χ0) is 15.0. The molecular formula is C14H23NO5. The fraction of sp³-hybridized carbons (Fsp3) is 0.643. The second kappa shape index (κ2) is 8.73. The molecule has 1 heterocycles. The van der Waals surface area contributed by atoms with Gasteiger partial charge in [-0.15, -0.1) is 0 Å². The van der Waals surface area contributed by atoms with Gasteiger partial charge < -0.3 is 24.3 Å². The zero-order valence-electron chi connectivity index (χ0n) is 12.2. The molecule has 0 radical (unpaired) electrons. The minimum absolute atomic E-state index is 0.0821. The number of nitrogens with one attached hydrogen (secondary N) is 1. The predicted octanol–water partition coefficient (Wildman–Crippen LogP) is 0.944. The van der Waals surface area contributed by atoms with Crippen LogP contribution in [0, 0.1) is 5.92 Å². The van der Waals surface area contributed by atoms with Crippen molar-refractivity contribution in [2.24, 2.45) is 5.92 Å². The second-order valence-electron chi connectivity index (χ2n) is 4.90. The van der Waals surface area contributed by atoms with E-state index in [1.807, 2.05) is 13.8 Å². The molecule has 2 N–H and O–H groups in total. The van der Waals surface area contributed by atoms with E-state index in [9.17, 15) is 9.90 Å². The molecular weight excluding hydrogens is 262 g/mol. The molecule has 1 rings (SSSR count). The van der Waals surface area contributed by atoms with Crippen LogP contribution in [0.1, 0.15) is 19.6 Å². The van der Waals surface area contributed by atoms with Crippen molar-refractivity contribution in [1.82, 2.24) is 5.32 Å². The first-order valence-corrected chi connectivity index (χ1v) is 6.64. The fourth-order valence-corrected chi connectivity index (χ4v) is 1.73. The summed E-state index contributed by atoms with van der Waals surface area (Å²) >= 11 is 0. The van der Waals surface area contributed by atoms with Crippen LogP contribution in [0.2, 0.25) is 0 Å². The zero-order valence-corrected chi connectivity index (χ0v) is 12.2. The third-order valence-corrected chi connectivity index (χ3v) is 2.83. The highest BCUT2D eigenvalue weighted by Gasteiger charge is 2.23.